The summed E-state index contributed by atoms with van der Waals surface area (Å²) in [4.78, 5) is 29.3. The molecular formula is C18H19BrN2O2. The molecule has 5 heteroatoms. The van der Waals surface area contributed by atoms with Gasteiger partial charge in [0.15, 0.2) is 0 Å². The van der Waals surface area contributed by atoms with Gasteiger partial charge in [0, 0.05) is 29.2 Å². The fourth-order valence-electron chi connectivity index (χ4n) is 3.05. The standard InChI is InChI=1S/C18H19BrN2O2/c1-3-4-5-10-13-14(11-8-6-7-9-12(11)20-13)15-16(19)18(23)21(2)17(15)22/h6-9,20H,3-5,10H2,1-2H3. The number of benzene rings is 1. The lowest BCUT2D eigenvalue weighted by molar-refractivity contribution is -0.134. The van der Waals surface area contributed by atoms with Gasteiger partial charge < -0.3 is 4.98 Å². The normalized spacial score (nSPS) is 15.3. The number of aryl methyl sites for hydroxylation is 1. The lowest BCUT2D eigenvalue weighted by atomic mass is 9.99. The molecule has 0 atom stereocenters. The Kier molecular flexibility index (Phi) is 4.39. The molecule has 3 rings (SSSR count). The SMILES string of the molecule is CCCCCc1[nH]c2ccccc2c1C1=C(Br)C(=O)N(C)C1=O. The highest BCUT2D eigenvalue weighted by Gasteiger charge is 2.37. The number of rotatable bonds is 5. The molecule has 0 radical (unpaired) electrons. The summed E-state index contributed by atoms with van der Waals surface area (Å²) in [6.45, 7) is 2.17. The van der Waals surface area contributed by atoms with Gasteiger partial charge in [-0.1, -0.05) is 38.0 Å². The largest absolute Gasteiger partial charge is 0.358 e. The van der Waals surface area contributed by atoms with Crippen LogP contribution in [0.25, 0.3) is 16.5 Å². The zero-order valence-corrected chi connectivity index (χ0v) is 14.9. The smallest absolute Gasteiger partial charge is 0.268 e. The molecule has 2 amide bonds. The number of imide groups is 1. The Balaban J connectivity index is 2.17. The molecule has 1 N–H and O–H groups in total. The maximum atomic E-state index is 12.6. The number of H-pyrrole nitrogens is 1. The third-order valence-corrected chi connectivity index (χ3v) is 5.03. The summed E-state index contributed by atoms with van der Waals surface area (Å²) < 4.78 is 0.353. The van der Waals surface area contributed by atoms with E-state index < -0.39 is 0 Å². The van der Waals surface area contributed by atoms with Gasteiger partial charge in [-0.15, -0.1) is 0 Å². The average Bonchev–Trinajstić information content (AvgIpc) is 2.99. The molecule has 1 aromatic heterocycles. The molecule has 2 heterocycles. The van der Waals surface area contributed by atoms with E-state index in [1.165, 1.54) is 7.05 Å². The van der Waals surface area contributed by atoms with Crippen LogP contribution in [0.5, 0.6) is 0 Å². The predicted octanol–water partition coefficient (Wildman–Crippen LogP) is 4.01. The number of fused-ring (bicyclic) bond motifs is 1. The Morgan fingerprint density at radius 1 is 1.13 bits per heavy atom. The fraction of sp³-hybridized carbons (Fsp3) is 0.333. The lowest BCUT2D eigenvalue weighted by Crippen LogP contribution is -2.26. The van der Waals surface area contributed by atoms with Crippen molar-refractivity contribution in [2.24, 2.45) is 0 Å². The Morgan fingerprint density at radius 2 is 1.87 bits per heavy atom. The molecule has 4 nitrogen and oxygen atoms in total. The van der Waals surface area contributed by atoms with Crippen LogP contribution in [0.3, 0.4) is 0 Å². The number of halogens is 1. The van der Waals surface area contributed by atoms with Crippen LogP contribution in [0, 0.1) is 0 Å². The number of likely N-dealkylation sites (N-methyl/N-ethyl adjacent to an activating group) is 1. The summed E-state index contributed by atoms with van der Waals surface area (Å²) in [5.74, 6) is -0.529. The first kappa shape index (κ1) is 16.0. The zero-order valence-electron chi connectivity index (χ0n) is 13.3. The highest BCUT2D eigenvalue weighted by molar-refractivity contribution is 9.12. The second kappa shape index (κ2) is 6.32. The van der Waals surface area contributed by atoms with Crippen LogP contribution in [-0.4, -0.2) is 28.7 Å². The molecule has 0 aliphatic carbocycles. The van der Waals surface area contributed by atoms with Crippen molar-refractivity contribution >= 4 is 44.2 Å². The number of unbranched alkanes of at least 4 members (excludes halogenated alkanes) is 2. The van der Waals surface area contributed by atoms with Gasteiger partial charge in [0.05, 0.1) is 10.1 Å². The van der Waals surface area contributed by atoms with E-state index in [0.29, 0.717) is 10.1 Å². The summed E-state index contributed by atoms with van der Waals surface area (Å²) >= 11 is 3.33. The monoisotopic (exact) mass is 374 g/mol. The van der Waals surface area contributed by atoms with E-state index in [1.807, 2.05) is 24.3 Å². The van der Waals surface area contributed by atoms with Crippen LogP contribution in [0.2, 0.25) is 0 Å². The summed E-state index contributed by atoms with van der Waals surface area (Å²) in [6.07, 6.45) is 4.20. The number of carbonyl (C=O) groups is 2. The zero-order chi connectivity index (χ0) is 16.6. The van der Waals surface area contributed by atoms with Gasteiger partial charge in [-0.2, -0.15) is 0 Å². The number of aromatic amines is 1. The number of para-hydroxylation sites is 1. The molecule has 1 aliphatic rings. The molecule has 1 aliphatic heterocycles. The van der Waals surface area contributed by atoms with E-state index in [0.717, 1.165) is 52.7 Å². The van der Waals surface area contributed by atoms with Crippen LogP contribution in [0.4, 0.5) is 0 Å². The van der Waals surface area contributed by atoms with Crippen LogP contribution in [0.1, 0.15) is 37.4 Å². The van der Waals surface area contributed by atoms with Gasteiger partial charge >= 0.3 is 0 Å². The Morgan fingerprint density at radius 3 is 2.52 bits per heavy atom. The lowest BCUT2D eigenvalue weighted by Gasteiger charge is -2.08. The molecular weight excluding hydrogens is 356 g/mol. The second-order valence-corrected chi connectivity index (χ2v) is 6.63. The number of aromatic nitrogens is 1. The van der Waals surface area contributed by atoms with E-state index in [9.17, 15) is 9.59 Å². The number of carbonyl (C=O) groups excluding carboxylic acids is 2. The number of hydrogen-bond acceptors (Lipinski definition) is 2. The van der Waals surface area contributed by atoms with Crippen LogP contribution < -0.4 is 0 Å². The van der Waals surface area contributed by atoms with E-state index in [4.69, 9.17) is 0 Å². The topological polar surface area (TPSA) is 53.2 Å². The minimum Gasteiger partial charge on any atom is -0.358 e. The van der Waals surface area contributed by atoms with E-state index in [1.54, 1.807) is 0 Å². The molecule has 1 aromatic carbocycles. The highest BCUT2D eigenvalue weighted by atomic mass is 79.9. The van der Waals surface area contributed by atoms with Crippen LogP contribution in [-0.2, 0) is 16.0 Å². The maximum Gasteiger partial charge on any atom is 0.268 e. The minimum atomic E-state index is -0.283. The predicted molar refractivity (Wildman–Crippen MR) is 95.2 cm³/mol. The molecule has 0 saturated heterocycles. The molecule has 23 heavy (non-hydrogen) atoms. The summed E-state index contributed by atoms with van der Waals surface area (Å²) in [5.41, 5.74) is 3.37. The van der Waals surface area contributed by atoms with Gasteiger partial charge in [0.1, 0.15) is 0 Å². The Labute approximate surface area is 143 Å². The molecule has 0 saturated carbocycles. The second-order valence-electron chi connectivity index (χ2n) is 5.84. The summed E-state index contributed by atoms with van der Waals surface area (Å²) in [5, 5.41) is 0.988. The molecule has 2 aromatic rings. The minimum absolute atomic E-state index is 0.247. The van der Waals surface area contributed by atoms with Gasteiger partial charge in [0.25, 0.3) is 11.8 Å². The van der Waals surface area contributed by atoms with Crippen molar-refractivity contribution in [1.29, 1.82) is 0 Å². The number of hydrogen-bond donors (Lipinski definition) is 1. The molecule has 0 bridgehead atoms. The van der Waals surface area contributed by atoms with Gasteiger partial charge in [-0.05, 0) is 34.8 Å². The van der Waals surface area contributed by atoms with Crippen molar-refractivity contribution in [3.63, 3.8) is 0 Å². The first-order chi connectivity index (χ1) is 11.1. The van der Waals surface area contributed by atoms with Crippen LogP contribution >= 0.6 is 15.9 Å². The fourth-order valence-corrected chi connectivity index (χ4v) is 3.68. The number of nitrogens with zero attached hydrogens (tertiary/aromatic N) is 1. The maximum absolute atomic E-state index is 12.6. The van der Waals surface area contributed by atoms with E-state index >= 15 is 0 Å². The molecule has 0 unspecified atom stereocenters. The first-order valence-corrected chi connectivity index (χ1v) is 8.67. The van der Waals surface area contributed by atoms with Crippen molar-refractivity contribution in [3.8, 4) is 0 Å². The summed E-state index contributed by atoms with van der Waals surface area (Å²) in [7, 11) is 1.52. The summed E-state index contributed by atoms with van der Waals surface area (Å²) in [6, 6.07) is 7.92. The quantitative estimate of drug-likeness (QED) is 0.634. The van der Waals surface area contributed by atoms with Gasteiger partial charge in [0.2, 0.25) is 0 Å². The highest BCUT2D eigenvalue weighted by Crippen LogP contribution is 2.38. The van der Waals surface area contributed by atoms with Crippen molar-refractivity contribution in [2.45, 2.75) is 32.6 Å². The van der Waals surface area contributed by atoms with Crippen molar-refractivity contribution in [3.05, 3.63) is 40.0 Å². The molecule has 120 valence electrons. The van der Waals surface area contributed by atoms with Crippen molar-refractivity contribution < 1.29 is 9.59 Å². The average molecular weight is 375 g/mol. The molecule has 0 fully saturated rings. The van der Waals surface area contributed by atoms with Crippen molar-refractivity contribution in [2.75, 3.05) is 7.05 Å². The van der Waals surface area contributed by atoms with Crippen LogP contribution in [0.15, 0.2) is 28.7 Å². The molecule has 0 spiro atoms. The Bertz CT molecular complexity index is 820. The third-order valence-electron chi connectivity index (χ3n) is 4.29. The number of nitrogens with one attached hydrogen (secondary N) is 1. The van der Waals surface area contributed by atoms with Gasteiger partial charge in [-0.25, -0.2) is 0 Å². The number of amides is 2. The van der Waals surface area contributed by atoms with Gasteiger partial charge in [-0.3, -0.25) is 14.5 Å². The Hall–Kier alpha value is -1.88. The van der Waals surface area contributed by atoms with E-state index in [2.05, 4.69) is 27.8 Å². The third kappa shape index (κ3) is 2.63. The van der Waals surface area contributed by atoms with E-state index in [-0.39, 0.29) is 11.8 Å². The van der Waals surface area contributed by atoms with Crippen molar-refractivity contribution in [1.82, 2.24) is 9.88 Å². The first-order valence-electron chi connectivity index (χ1n) is 7.88.